The standard InChI is InChI=1S/C14H19BrClNO2S2/c15-13-12(9-11(10-16)20-13)21(18,19)17-7-5-14(6-8-17)3-1-2-4-14/h9H,1-8,10H2. The minimum atomic E-state index is -3.39. The Bertz CT molecular complexity index is 613. The smallest absolute Gasteiger partial charge is 0.207 e. The molecule has 0 aromatic carbocycles. The van der Waals surface area contributed by atoms with E-state index in [4.69, 9.17) is 11.6 Å². The highest BCUT2D eigenvalue weighted by molar-refractivity contribution is 9.11. The van der Waals surface area contributed by atoms with Gasteiger partial charge in [0.1, 0.15) is 4.90 Å². The molecule has 1 aliphatic heterocycles. The highest BCUT2D eigenvalue weighted by Crippen LogP contribution is 2.47. The predicted octanol–water partition coefficient (Wildman–Crippen LogP) is 4.59. The zero-order valence-corrected chi connectivity index (χ0v) is 15.8. The molecule has 0 bridgehead atoms. The van der Waals surface area contributed by atoms with E-state index >= 15 is 0 Å². The van der Waals surface area contributed by atoms with Gasteiger partial charge >= 0.3 is 0 Å². The number of halogens is 2. The molecule has 1 saturated carbocycles. The van der Waals surface area contributed by atoms with Crippen molar-refractivity contribution in [2.45, 2.75) is 49.3 Å². The molecule has 1 spiro atoms. The zero-order valence-electron chi connectivity index (χ0n) is 11.8. The highest BCUT2D eigenvalue weighted by atomic mass is 79.9. The predicted molar refractivity (Wildman–Crippen MR) is 90.5 cm³/mol. The number of thiophene rings is 1. The van der Waals surface area contributed by atoms with Crippen LogP contribution in [0.4, 0.5) is 0 Å². The van der Waals surface area contributed by atoms with Gasteiger partial charge in [0, 0.05) is 18.0 Å². The molecule has 0 N–H and O–H groups in total. The van der Waals surface area contributed by atoms with Gasteiger partial charge in [0.05, 0.1) is 9.67 Å². The lowest BCUT2D eigenvalue weighted by atomic mass is 9.78. The largest absolute Gasteiger partial charge is 0.245 e. The molecule has 3 rings (SSSR count). The Hall–Kier alpha value is 0.380. The Morgan fingerprint density at radius 2 is 1.86 bits per heavy atom. The first-order valence-corrected chi connectivity index (χ1v) is 10.9. The van der Waals surface area contributed by atoms with Crippen LogP contribution in [0, 0.1) is 5.41 Å². The summed E-state index contributed by atoms with van der Waals surface area (Å²) in [6.07, 6.45) is 7.19. The molecular formula is C14H19BrClNO2S2. The van der Waals surface area contributed by atoms with E-state index in [2.05, 4.69) is 15.9 Å². The third kappa shape index (κ3) is 3.07. The van der Waals surface area contributed by atoms with Crippen molar-refractivity contribution in [3.63, 3.8) is 0 Å². The lowest BCUT2D eigenvalue weighted by Crippen LogP contribution is -2.42. The van der Waals surface area contributed by atoms with Gasteiger partial charge in [-0.25, -0.2) is 8.42 Å². The monoisotopic (exact) mass is 411 g/mol. The number of hydrogen-bond acceptors (Lipinski definition) is 3. The minimum Gasteiger partial charge on any atom is -0.207 e. The number of hydrogen-bond donors (Lipinski definition) is 0. The van der Waals surface area contributed by atoms with Crippen LogP contribution < -0.4 is 0 Å². The average Bonchev–Trinajstić information content (AvgIpc) is 3.07. The van der Waals surface area contributed by atoms with Gasteiger partial charge in [-0.15, -0.1) is 22.9 Å². The van der Waals surface area contributed by atoms with Gasteiger partial charge in [0.2, 0.25) is 10.0 Å². The van der Waals surface area contributed by atoms with Crippen molar-refractivity contribution in [2.24, 2.45) is 5.41 Å². The average molecular weight is 413 g/mol. The Morgan fingerprint density at radius 1 is 1.24 bits per heavy atom. The summed E-state index contributed by atoms with van der Waals surface area (Å²) in [7, 11) is -3.39. The van der Waals surface area contributed by atoms with Gasteiger partial charge < -0.3 is 0 Å². The van der Waals surface area contributed by atoms with Crippen molar-refractivity contribution in [3.8, 4) is 0 Å². The summed E-state index contributed by atoms with van der Waals surface area (Å²) in [6.45, 7) is 1.31. The zero-order chi connectivity index (χ0) is 15.1. The second-order valence-corrected chi connectivity index (χ2v) is 10.7. The molecule has 1 saturated heterocycles. The second kappa shape index (κ2) is 6.11. The highest BCUT2D eigenvalue weighted by Gasteiger charge is 2.40. The van der Waals surface area contributed by atoms with Gasteiger partial charge in [-0.2, -0.15) is 4.31 Å². The third-order valence-corrected chi connectivity index (χ3v) is 9.50. The fraction of sp³-hybridized carbons (Fsp3) is 0.714. The summed E-state index contributed by atoms with van der Waals surface area (Å²) >= 11 is 10.6. The van der Waals surface area contributed by atoms with E-state index in [1.165, 1.54) is 37.0 Å². The molecule has 7 heteroatoms. The Morgan fingerprint density at radius 3 is 2.38 bits per heavy atom. The number of alkyl halides is 1. The molecule has 0 atom stereocenters. The number of rotatable bonds is 3. The summed E-state index contributed by atoms with van der Waals surface area (Å²) in [4.78, 5) is 1.26. The maximum absolute atomic E-state index is 12.8. The van der Waals surface area contributed by atoms with E-state index < -0.39 is 10.0 Å². The van der Waals surface area contributed by atoms with Crippen LogP contribution in [-0.2, 0) is 15.9 Å². The number of piperidine rings is 1. The Balaban J connectivity index is 1.78. The SMILES string of the molecule is O=S(=O)(c1cc(CCl)sc1Br)N1CCC2(CCCC2)CC1. The van der Waals surface area contributed by atoms with E-state index in [1.54, 1.807) is 10.4 Å². The molecule has 3 nitrogen and oxygen atoms in total. The van der Waals surface area contributed by atoms with Gasteiger partial charge in [-0.05, 0) is 53.1 Å². The van der Waals surface area contributed by atoms with Crippen molar-refractivity contribution in [2.75, 3.05) is 13.1 Å². The van der Waals surface area contributed by atoms with Crippen LogP contribution in [0.2, 0.25) is 0 Å². The molecule has 0 unspecified atom stereocenters. The topological polar surface area (TPSA) is 37.4 Å². The van der Waals surface area contributed by atoms with Crippen LogP contribution in [0.1, 0.15) is 43.4 Å². The fourth-order valence-electron chi connectivity index (χ4n) is 3.60. The Labute approximate surface area is 143 Å². The van der Waals surface area contributed by atoms with Crippen molar-refractivity contribution in [1.29, 1.82) is 0 Å². The van der Waals surface area contributed by atoms with Crippen LogP contribution in [0.15, 0.2) is 14.7 Å². The van der Waals surface area contributed by atoms with Crippen molar-refractivity contribution >= 4 is 48.9 Å². The Kier molecular flexibility index (Phi) is 4.73. The fourth-order valence-corrected chi connectivity index (χ4v) is 7.77. The lowest BCUT2D eigenvalue weighted by Gasteiger charge is -2.38. The van der Waals surface area contributed by atoms with E-state index in [1.807, 2.05) is 0 Å². The summed E-state index contributed by atoms with van der Waals surface area (Å²) in [5.74, 6) is 0.349. The summed E-state index contributed by atoms with van der Waals surface area (Å²) < 4.78 is 27.9. The lowest BCUT2D eigenvalue weighted by molar-refractivity contribution is 0.160. The molecule has 21 heavy (non-hydrogen) atoms. The molecule has 0 radical (unpaired) electrons. The summed E-state index contributed by atoms with van der Waals surface area (Å²) in [6, 6.07) is 1.71. The van der Waals surface area contributed by atoms with Gasteiger partial charge in [0.25, 0.3) is 0 Å². The molecule has 2 aliphatic rings. The first-order valence-electron chi connectivity index (χ1n) is 7.31. The number of sulfonamides is 1. The van der Waals surface area contributed by atoms with E-state index in [0.29, 0.717) is 33.1 Å². The molecular weight excluding hydrogens is 394 g/mol. The molecule has 2 fully saturated rings. The third-order valence-electron chi connectivity index (χ3n) is 4.90. The quantitative estimate of drug-likeness (QED) is 0.681. The van der Waals surface area contributed by atoms with Crippen molar-refractivity contribution in [3.05, 3.63) is 14.7 Å². The number of nitrogens with zero attached hydrogens (tertiary/aromatic N) is 1. The van der Waals surface area contributed by atoms with Gasteiger partial charge in [0.15, 0.2) is 0 Å². The maximum Gasteiger partial charge on any atom is 0.245 e. The first kappa shape index (κ1) is 16.2. The first-order chi connectivity index (χ1) is 9.97. The van der Waals surface area contributed by atoms with Crippen LogP contribution in [0.5, 0.6) is 0 Å². The van der Waals surface area contributed by atoms with Crippen molar-refractivity contribution in [1.82, 2.24) is 4.31 Å². The van der Waals surface area contributed by atoms with E-state index in [0.717, 1.165) is 17.7 Å². The molecule has 2 heterocycles. The molecule has 1 aromatic heterocycles. The molecule has 118 valence electrons. The molecule has 1 aromatic rings. The van der Waals surface area contributed by atoms with Crippen molar-refractivity contribution < 1.29 is 8.42 Å². The minimum absolute atomic E-state index is 0.349. The van der Waals surface area contributed by atoms with Crippen LogP contribution >= 0.6 is 38.9 Å². The van der Waals surface area contributed by atoms with E-state index in [9.17, 15) is 8.42 Å². The summed E-state index contributed by atoms with van der Waals surface area (Å²) in [5, 5.41) is 0. The molecule has 1 aliphatic carbocycles. The summed E-state index contributed by atoms with van der Waals surface area (Å²) in [5.41, 5.74) is 0.430. The van der Waals surface area contributed by atoms with Crippen LogP contribution in [0.3, 0.4) is 0 Å². The van der Waals surface area contributed by atoms with Gasteiger partial charge in [-0.3, -0.25) is 0 Å². The normalized spacial score (nSPS) is 23.0. The molecule has 0 amide bonds. The van der Waals surface area contributed by atoms with Crippen LogP contribution in [-0.4, -0.2) is 25.8 Å². The van der Waals surface area contributed by atoms with Crippen LogP contribution in [0.25, 0.3) is 0 Å². The second-order valence-electron chi connectivity index (χ2n) is 6.10. The maximum atomic E-state index is 12.8. The van der Waals surface area contributed by atoms with E-state index in [-0.39, 0.29) is 0 Å². The van der Waals surface area contributed by atoms with Gasteiger partial charge in [-0.1, -0.05) is 12.8 Å².